The van der Waals surface area contributed by atoms with E-state index in [9.17, 15) is 0 Å². The van der Waals surface area contributed by atoms with Crippen molar-refractivity contribution >= 4 is 0 Å². The molecule has 2 N–H and O–H groups in total. The van der Waals surface area contributed by atoms with Gasteiger partial charge in [0.05, 0.1) is 13.2 Å². The Morgan fingerprint density at radius 1 is 1.39 bits per heavy atom. The number of rotatable bonds is 9. The molecular weight excluding hydrogens is 224 g/mol. The van der Waals surface area contributed by atoms with Gasteiger partial charge in [-0.05, 0) is 32.2 Å². The van der Waals surface area contributed by atoms with Crippen molar-refractivity contribution in [3.05, 3.63) is 0 Å². The molecule has 0 amide bonds. The summed E-state index contributed by atoms with van der Waals surface area (Å²) < 4.78 is 5.49. The maximum absolute atomic E-state index is 5.49. The largest absolute Gasteiger partial charge is 0.379 e. The monoisotopic (exact) mass is 256 g/mol. The Balaban J connectivity index is 2.11. The summed E-state index contributed by atoms with van der Waals surface area (Å²) in [4.78, 5) is 0. The molecule has 0 spiro atoms. The minimum Gasteiger partial charge on any atom is -0.379 e. The standard InChI is InChI=1S/C15H32N2O/c1-4-6-7-14(5-2)11-17-13(3)10-15-12-18-9-8-16-15/h13-17H,4-12H2,1-3H3. The van der Waals surface area contributed by atoms with Gasteiger partial charge in [0, 0.05) is 18.6 Å². The van der Waals surface area contributed by atoms with Gasteiger partial charge in [-0.3, -0.25) is 0 Å². The molecule has 108 valence electrons. The fraction of sp³-hybridized carbons (Fsp3) is 1.00. The molecule has 1 fully saturated rings. The van der Waals surface area contributed by atoms with Crippen molar-refractivity contribution in [2.75, 3.05) is 26.3 Å². The third-order valence-electron chi connectivity index (χ3n) is 3.93. The van der Waals surface area contributed by atoms with Crippen LogP contribution in [0.1, 0.15) is 52.9 Å². The third-order valence-corrected chi connectivity index (χ3v) is 3.93. The summed E-state index contributed by atoms with van der Waals surface area (Å²) in [7, 11) is 0. The number of hydrogen-bond donors (Lipinski definition) is 2. The molecule has 1 aliphatic heterocycles. The molecule has 1 aliphatic rings. The van der Waals surface area contributed by atoms with E-state index in [1.807, 2.05) is 0 Å². The second-order valence-electron chi connectivity index (χ2n) is 5.69. The van der Waals surface area contributed by atoms with Crippen LogP contribution in [-0.4, -0.2) is 38.4 Å². The molecule has 0 saturated carbocycles. The minimum atomic E-state index is 0.539. The van der Waals surface area contributed by atoms with Gasteiger partial charge >= 0.3 is 0 Å². The summed E-state index contributed by atoms with van der Waals surface area (Å²) in [5.41, 5.74) is 0. The zero-order valence-electron chi connectivity index (χ0n) is 12.5. The highest BCUT2D eigenvalue weighted by molar-refractivity contribution is 4.76. The molecule has 0 aromatic heterocycles. The summed E-state index contributed by atoms with van der Waals surface area (Å²) in [6.07, 6.45) is 6.52. The first-order valence-electron chi connectivity index (χ1n) is 7.80. The first kappa shape index (κ1) is 15.9. The van der Waals surface area contributed by atoms with E-state index in [1.165, 1.54) is 38.6 Å². The van der Waals surface area contributed by atoms with Crippen molar-refractivity contribution in [2.45, 2.75) is 65.0 Å². The average Bonchev–Trinajstić information content (AvgIpc) is 2.40. The lowest BCUT2D eigenvalue weighted by Gasteiger charge is -2.27. The van der Waals surface area contributed by atoms with Gasteiger partial charge < -0.3 is 15.4 Å². The van der Waals surface area contributed by atoms with E-state index in [0.717, 1.165) is 25.7 Å². The van der Waals surface area contributed by atoms with E-state index < -0.39 is 0 Å². The van der Waals surface area contributed by atoms with Gasteiger partial charge in [-0.15, -0.1) is 0 Å². The molecule has 0 radical (unpaired) electrons. The smallest absolute Gasteiger partial charge is 0.0620 e. The van der Waals surface area contributed by atoms with Crippen LogP contribution in [0.2, 0.25) is 0 Å². The molecule has 3 atom stereocenters. The highest BCUT2D eigenvalue weighted by Gasteiger charge is 2.16. The summed E-state index contributed by atoms with van der Waals surface area (Å²) >= 11 is 0. The summed E-state index contributed by atoms with van der Waals surface area (Å²) in [6.45, 7) is 10.8. The molecule has 0 aromatic rings. The van der Waals surface area contributed by atoms with Crippen LogP contribution in [0.3, 0.4) is 0 Å². The van der Waals surface area contributed by atoms with Crippen LogP contribution in [0.25, 0.3) is 0 Å². The van der Waals surface area contributed by atoms with Crippen molar-refractivity contribution < 1.29 is 4.74 Å². The van der Waals surface area contributed by atoms with Crippen LogP contribution >= 0.6 is 0 Å². The molecule has 1 heterocycles. The zero-order valence-corrected chi connectivity index (χ0v) is 12.5. The van der Waals surface area contributed by atoms with Crippen LogP contribution < -0.4 is 10.6 Å². The lowest BCUT2D eigenvalue weighted by molar-refractivity contribution is 0.0710. The highest BCUT2D eigenvalue weighted by atomic mass is 16.5. The van der Waals surface area contributed by atoms with Gasteiger partial charge in [-0.1, -0.05) is 33.1 Å². The Bertz CT molecular complexity index is 193. The van der Waals surface area contributed by atoms with E-state index in [1.54, 1.807) is 0 Å². The molecule has 0 aliphatic carbocycles. The van der Waals surface area contributed by atoms with E-state index in [0.29, 0.717) is 12.1 Å². The molecule has 3 nitrogen and oxygen atoms in total. The van der Waals surface area contributed by atoms with Gasteiger partial charge in [0.25, 0.3) is 0 Å². The van der Waals surface area contributed by atoms with Crippen molar-refractivity contribution in [1.82, 2.24) is 10.6 Å². The summed E-state index contributed by atoms with van der Waals surface area (Å²) in [5, 5.41) is 7.22. The number of morpholine rings is 1. The van der Waals surface area contributed by atoms with E-state index >= 15 is 0 Å². The maximum Gasteiger partial charge on any atom is 0.0620 e. The first-order chi connectivity index (χ1) is 8.76. The average molecular weight is 256 g/mol. The van der Waals surface area contributed by atoms with Crippen LogP contribution in [0, 0.1) is 5.92 Å². The van der Waals surface area contributed by atoms with Gasteiger partial charge in [-0.2, -0.15) is 0 Å². The normalized spacial score (nSPS) is 23.8. The summed E-state index contributed by atoms with van der Waals surface area (Å²) in [6, 6.07) is 1.12. The zero-order chi connectivity index (χ0) is 13.2. The number of nitrogens with one attached hydrogen (secondary N) is 2. The number of hydrogen-bond acceptors (Lipinski definition) is 3. The van der Waals surface area contributed by atoms with Crippen LogP contribution in [0.5, 0.6) is 0 Å². The first-order valence-corrected chi connectivity index (χ1v) is 7.80. The third kappa shape index (κ3) is 6.72. The molecular formula is C15H32N2O. The Kier molecular flexibility index (Phi) is 8.64. The Labute approximate surface area is 113 Å². The van der Waals surface area contributed by atoms with Crippen molar-refractivity contribution in [1.29, 1.82) is 0 Å². The topological polar surface area (TPSA) is 33.3 Å². The van der Waals surface area contributed by atoms with E-state index in [2.05, 4.69) is 31.4 Å². The molecule has 0 aromatic carbocycles. The molecule has 3 heteroatoms. The van der Waals surface area contributed by atoms with Crippen molar-refractivity contribution in [3.8, 4) is 0 Å². The van der Waals surface area contributed by atoms with Crippen LogP contribution in [0.4, 0.5) is 0 Å². The van der Waals surface area contributed by atoms with Crippen LogP contribution in [-0.2, 0) is 4.74 Å². The van der Waals surface area contributed by atoms with Gasteiger partial charge in [-0.25, -0.2) is 0 Å². The van der Waals surface area contributed by atoms with Gasteiger partial charge in [0.15, 0.2) is 0 Å². The predicted octanol–water partition coefficient (Wildman–Crippen LogP) is 2.56. The molecule has 1 saturated heterocycles. The Hall–Kier alpha value is -0.120. The van der Waals surface area contributed by atoms with Gasteiger partial charge in [0.2, 0.25) is 0 Å². The SMILES string of the molecule is CCCCC(CC)CNC(C)CC1COCCN1. The number of ether oxygens (including phenoxy) is 1. The molecule has 3 unspecified atom stereocenters. The second kappa shape index (κ2) is 9.76. The van der Waals surface area contributed by atoms with Crippen LogP contribution in [0.15, 0.2) is 0 Å². The van der Waals surface area contributed by atoms with Crippen molar-refractivity contribution in [3.63, 3.8) is 0 Å². The lowest BCUT2D eigenvalue weighted by Crippen LogP contribution is -2.45. The van der Waals surface area contributed by atoms with Crippen molar-refractivity contribution in [2.24, 2.45) is 5.92 Å². The fourth-order valence-corrected chi connectivity index (χ4v) is 2.59. The Morgan fingerprint density at radius 3 is 2.83 bits per heavy atom. The number of unbranched alkanes of at least 4 members (excludes halogenated alkanes) is 1. The molecule has 1 rings (SSSR count). The maximum atomic E-state index is 5.49. The quantitative estimate of drug-likeness (QED) is 0.665. The second-order valence-corrected chi connectivity index (χ2v) is 5.69. The van der Waals surface area contributed by atoms with Gasteiger partial charge in [0.1, 0.15) is 0 Å². The predicted molar refractivity (Wildman–Crippen MR) is 78.0 cm³/mol. The lowest BCUT2D eigenvalue weighted by atomic mass is 9.98. The highest BCUT2D eigenvalue weighted by Crippen LogP contribution is 2.12. The minimum absolute atomic E-state index is 0.539. The fourth-order valence-electron chi connectivity index (χ4n) is 2.59. The Morgan fingerprint density at radius 2 is 2.22 bits per heavy atom. The van der Waals surface area contributed by atoms with E-state index in [4.69, 9.17) is 4.74 Å². The molecule has 0 bridgehead atoms. The van der Waals surface area contributed by atoms with E-state index in [-0.39, 0.29) is 0 Å². The summed E-state index contributed by atoms with van der Waals surface area (Å²) in [5.74, 6) is 0.850. The molecule has 18 heavy (non-hydrogen) atoms.